The van der Waals surface area contributed by atoms with Crippen LogP contribution in [0.25, 0.3) is 16.9 Å². The van der Waals surface area contributed by atoms with Gasteiger partial charge in [0.05, 0.1) is 0 Å². The number of aromatic amines is 1. The minimum Gasteiger partial charge on any atom is -0.315 e. The van der Waals surface area contributed by atoms with Crippen LogP contribution in [0.2, 0.25) is 0 Å². The molecule has 0 spiro atoms. The van der Waals surface area contributed by atoms with E-state index >= 15 is 0 Å². The minimum atomic E-state index is -0.451. The number of fused-ring (bicyclic) bond motifs is 3. The zero-order valence-corrected chi connectivity index (χ0v) is 13.7. The predicted octanol–water partition coefficient (Wildman–Crippen LogP) is 0.374. The van der Waals surface area contributed by atoms with Crippen LogP contribution in [0, 0.1) is 6.92 Å². The monoisotopic (exact) mass is 318 g/mol. The molecular weight excluding hydrogens is 296 g/mol. The molecule has 23 heavy (non-hydrogen) atoms. The van der Waals surface area contributed by atoms with Gasteiger partial charge in [-0.1, -0.05) is 13.3 Å². The lowest BCUT2D eigenvalue weighted by Crippen LogP contribution is -2.28. The smallest absolute Gasteiger partial charge is 0.315 e. The highest BCUT2D eigenvalue weighted by Gasteiger charge is 2.16. The number of imidazole rings is 2. The number of nitrogens with one attached hydrogen (secondary N) is 2. The summed E-state index contributed by atoms with van der Waals surface area (Å²) in [5.74, 6) is 0.682. The summed E-state index contributed by atoms with van der Waals surface area (Å²) in [6.07, 6.45) is 4.21. The Bertz CT molecular complexity index is 958. The molecule has 8 heteroatoms. The Kier molecular flexibility index (Phi) is 4.08. The first-order valence-corrected chi connectivity index (χ1v) is 7.92. The maximum Gasteiger partial charge on any atom is 0.329 e. The highest BCUT2D eigenvalue weighted by Crippen LogP contribution is 2.15. The number of hydrogen-bond donors (Lipinski definition) is 2. The van der Waals surface area contributed by atoms with Crippen LogP contribution in [0.1, 0.15) is 25.5 Å². The average Bonchev–Trinajstić information content (AvgIpc) is 3.01. The van der Waals surface area contributed by atoms with Crippen molar-refractivity contribution in [3.05, 3.63) is 32.7 Å². The summed E-state index contributed by atoms with van der Waals surface area (Å²) in [6, 6.07) is 0. The summed E-state index contributed by atoms with van der Waals surface area (Å²) in [5.41, 5.74) is 0.978. The van der Waals surface area contributed by atoms with Crippen LogP contribution in [0.15, 0.2) is 15.8 Å². The molecule has 0 unspecified atom stereocenters. The van der Waals surface area contributed by atoms with Gasteiger partial charge in [-0.2, -0.15) is 4.98 Å². The van der Waals surface area contributed by atoms with Crippen LogP contribution >= 0.6 is 0 Å². The number of unbranched alkanes of at least 4 members (excludes halogenated alkanes) is 1. The van der Waals surface area contributed by atoms with E-state index < -0.39 is 11.2 Å². The molecule has 2 N–H and O–H groups in total. The van der Waals surface area contributed by atoms with Gasteiger partial charge < -0.3 is 9.88 Å². The van der Waals surface area contributed by atoms with Crippen molar-refractivity contribution in [1.82, 2.24) is 28.8 Å². The lowest BCUT2D eigenvalue weighted by atomic mass is 10.3. The van der Waals surface area contributed by atoms with Gasteiger partial charge in [0.1, 0.15) is 0 Å². The number of rotatable bonds is 6. The topological polar surface area (TPSA) is 89.1 Å². The summed E-state index contributed by atoms with van der Waals surface area (Å²) in [7, 11) is 1.61. The molecular formula is C15H22N6O2. The van der Waals surface area contributed by atoms with Crippen LogP contribution in [0.4, 0.5) is 0 Å². The third kappa shape index (κ3) is 2.59. The van der Waals surface area contributed by atoms with Gasteiger partial charge in [-0.05, 0) is 19.9 Å². The molecule has 0 aliphatic heterocycles. The van der Waals surface area contributed by atoms with E-state index in [-0.39, 0.29) is 0 Å². The summed E-state index contributed by atoms with van der Waals surface area (Å²) in [5, 5.41) is 3.40. The van der Waals surface area contributed by atoms with E-state index in [9.17, 15) is 9.59 Å². The molecule has 3 rings (SSSR count). The number of H-pyrrole nitrogens is 1. The Morgan fingerprint density at radius 1 is 1.30 bits per heavy atom. The summed E-state index contributed by atoms with van der Waals surface area (Å²) >= 11 is 0. The molecule has 3 aromatic heterocycles. The molecule has 8 nitrogen and oxygen atoms in total. The van der Waals surface area contributed by atoms with Crippen LogP contribution in [0.3, 0.4) is 0 Å². The van der Waals surface area contributed by atoms with E-state index in [1.54, 1.807) is 11.4 Å². The van der Waals surface area contributed by atoms with Crippen molar-refractivity contribution in [3.8, 4) is 0 Å². The fourth-order valence-corrected chi connectivity index (χ4v) is 2.81. The van der Waals surface area contributed by atoms with E-state index in [2.05, 4.69) is 26.8 Å². The maximum atomic E-state index is 12.1. The van der Waals surface area contributed by atoms with Crippen molar-refractivity contribution in [1.29, 1.82) is 0 Å². The maximum absolute atomic E-state index is 12.1. The fraction of sp³-hybridized carbons (Fsp3) is 0.533. The number of aromatic nitrogens is 5. The molecule has 0 aliphatic carbocycles. The fourth-order valence-electron chi connectivity index (χ4n) is 2.81. The number of aryl methyl sites for hydroxylation is 2. The van der Waals surface area contributed by atoms with Gasteiger partial charge in [-0.15, -0.1) is 0 Å². The van der Waals surface area contributed by atoms with Crippen molar-refractivity contribution in [2.45, 2.75) is 33.2 Å². The van der Waals surface area contributed by atoms with Gasteiger partial charge in [0.15, 0.2) is 11.2 Å². The van der Waals surface area contributed by atoms with Gasteiger partial charge in [0.25, 0.3) is 5.56 Å². The Morgan fingerprint density at radius 2 is 2.09 bits per heavy atom. The Hall–Kier alpha value is -2.35. The number of nitrogens with zero attached hydrogens (tertiary/aromatic N) is 4. The van der Waals surface area contributed by atoms with Crippen molar-refractivity contribution >= 4 is 16.9 Å². The molecule has 3 aromatic rings. The third-order valence-electron chi connectivity index (χ3n) is 4.13. The van der Waals surface area contributed by atoms with Crippen molar-refractivity contribution in [2.24, 2.45) is 7.05 Å². The van der Waals surface area contributed by atoms with Crippen molar-refractivity contribution < 1.29 is 0 Å². The minimum absolute atomic E-state index is 0.404. The first-order valence-electron chi connectivity index (χ1n) is 7.92. The number of hydrogen-bond acceptors (Lipinski definition) is 4. The highest BCUT2D eigenvalue weighted by atomic mass is 16.2. The van der Waals surface area contributed by atoms with E-state index in [1.165, 1.54) is 11.0 Å². The van der Waals surface area contributed by atoms with E-state index in [0.717, 1.165) is 31.7 Å². The van der Waals surface area contributed by atoms with Crippen LogP contribution in [-0.2, 0) is 13.6 Å². The lowest BCUT2D eigenvalue weighted by molar-refractivity contribution is 0.580. The van der Waals surface area contributed by atoms with Gasteiger partial charge >= 0.3 is 5.69 Å². The SMILES string of the molecule is CCCCNCCn1c(C)cn2c3c(=O)[nH]c(=O)n(C)c3nc12. The zero-order chi connectivity index (χ0) is 16.6. The molecule has 0 aromatic carbocycles. The molecule has 0 bridgehead atoms. The molecule has 0 aliphatic rings. The van der Waals surface area contributed by atoms with Crippen LogP contribution in [0.5, 0.6) is 0 Å². The zero-order valence-electron chi connectivity index (χ0n) is 13.7. The Morgan fingerprint density at radius 3 is 2.83 bits per heavy atom. The van der Waals surface area contributed by atoms with Crippen molar-refractivity contribution in [3.63, 3.8) is 0 Å². The highest BCUT2D eigenvalue weighted by molar-refractivity contribution is 5.75. The largest absolute Gasteiger partial charge is 0.329 e. The van der Waals surface area contributed by atoms with Crippen molar-refractivity contribution in [2.75, 3.05) is 13.1 Å². The van der Waals surface area contributed by atoms with Gasteiger partial charge in [0, 0.05) is 32.0 Å². The molecule has 124 valence electrons. The van der Waals surface area contributed by atoms with E-state index in [4.69, 9.17) is 0 Å². The lowest BCUT2D eigenvalue weighted by Gasteiger charge is -2.07. The van der Waals surface area contributed by atoms with Crippen LogP contribution in [-0.4, -0.2) is 36.6 Å². The molecule has 3 heterocycles. The first-order chi connectivity index (χ1) is 11.0. The van der Waals surface area contributed by atoms with Gasteiger partial charge in [-0.25, -0.2) is 4.79 Å². The molecule has 0 atom stereocenters. The summed E-state index contributed by atoms with van der Waals surface area (Å²) in [4.78, 5) is 30.7. The summed E-state index contributed by atoms with van der Waals surface area (Å²) < 4.78 is 5.18. The second-order valence-electron chi connectivity index (χ2n) is 5.80. The first kappa shape index (κ1) is 15.5. The van der Waals surface area contributed by atoms with E-state index in [1.807, 2.05) is 13.1 Å². The van der Waals surface area contributed by atoms with Gasteiger partial charge in [0.2, 0.25) is 5.78 Å². The molecule has 0 saturated heterocycles. The Labute approximate surface area is 132 Å². The normalized spacial score (nSPS) is 11.8. The predicted molar refractivity (Wildman–Crippen MR) is 89.1 cm³/mol. The third-order valence-corrected chi connectivity index (χ3v) is 4.13. The molecule has 0 saturated carbocycles. The quantitative estimate of drug-likeness (QED) is 0.643. The second kappa shape index (κ2) is 6.04. The van der Waals surface area contributed by atoms with E-state index in [0.29, 0.717) is 16.9 Å². The average molecular weight is 318 g/mol. The molecule has 0 amide bonds. The van der Waals surface area contributed by atoms with Gasteiger partial charge in [-0.3, -0.25) is 18.7 Å². The standard InChI is InChI=1S/C15H22N6O2/c1-4-5-6-16-7-8-20-10(2)9-21-11-12(17-14(20)21)19(3)15(23)18-13(11)22/h9,16H,4-8H2,1-3H3,(H,18,22,23). The molecule has 0 radical (unpaired) electrons. The molecule has 0 fully saturated rings. The second-order valence-corrected chi connectivity index (χ2v) is 5.80. The Balaban J connectivity index is 2.03. The summed E-state index contributed by atoms with van der Waals surface area (Å²) in [6.45, 7) is 6.75. The van der Waals surface area contributed by atoms with Crippen LogP contribution < -0.4 is 16.6 Å².